The lowest BCUT2D eigenvalue weighted by Crippen LogP contribution is -2.39. The first kappa shape index (κ1) is 16.1. The average molecular weight is 280 g/mol. The van der Waals surface area contributed by atoms with Crippen molar-refractivity contribution >= 4 is 11.8 Å². The van der Waals surface area contributed by atoms with Gasteiger partial charge in [0.25, 0.3) is 0 Å². The molecule has 0 saturated carbocycles. The Balaban J connectivity index is 2.16. The second-order valence-corrected chi connectivity index (χ2v) is 4.94. The number of hydrogen-bond acceptors (Lipinski definition) is 2. The topological polar surface area (TPSA) is 58.2 Å². The van der Waals surface area contributed by atoms with Crippen LogP contribution in [-0.2, 0) is 0 Å². The van der Waals surface area contributed by atoms with Crippen molar-refractivity contribution in [2.45, 2.75) is 39.2 Å². The summed E-state index contributed by atoms with van der Waals surface area (Å²) < 4.78 is 12.7. The Kier molecular flexibility index (Phi) is 6.70. The van der Waals surface area contributed by atoms with E-state index in [1.165, 1.54) is 24.3 Å². The van der Waals surface area contributed by atoms with E-state index < -0.39 is 0 Å². The van der Waals surface area contributed by atoms with Gasteiger partial charge in [0, 0.05) is 24.6 Å². The van der Waals surface area contributed by atoms with Crippen LogP contribution in [0, 0.1) is 5.82 Å². The maximum Gasteiger partial charge on any atom is 0.314 e. The van der Waals surface area contributed by atoms with Gasteiger partial charge in [0.1, 0.15) is 5.82 Å². The number of Topliss-reactive ketones (excluding diaryl/α,β-unsaturated/α-hetero) is 1. The van der Waals surface area contributed by atoms with Crippen LogP contribution in [0.25, 0.3) is 0 Å². The SMILES string of the molecule is CC(C)NC(=O)NCCCCC(=O)c1ccc(F)cc1. The third kappa shape index (κ3) is 6.31. The molecule has 0 saturated heterocycles. The molecule has 0 heterocycles. The van der Waals surface area contributed by atoms with Gasteiger partial charge < -0.3 is 10.6 Å². The third-order valence-electron chi connectivity index (χ3n) is 2.70. The minimum absolute atomic E-state index is 0.00312. The molecule has 0 spiro atoms. The van der Waals surface area contributed by atoms with Crippen molar-refractivity contribution in [3.63, 3.8) is 0 Å². The molecule has 1 aromatic rings. The summed E-state index contributed by atoms with van der Waals surface area (Å²) in [5.74, 6) is -0.349. The lowest BCUT2D eigenvalue weighted by molar-refractivity contribution is 0.0979. The number of ketones is 1. The zero-order valence-corrected chi connectivity index (χ0v) is 11.9. The molecular weight excluding hydrogens is 259 g/mol. The third-order valence-corrected chi connectivity index (χ3v) is 2.70. The zero-order chi connectivity index (χ0) is 15.0. The molecule has 0 aliphatic rings. The van der Waals surface area contributed by atoms with Crippen molar-refractivity contribution in [1.82, 2.24) is 10.6 Å². The summed E-state index contributed by atoms with van der Waals surface area (Å²) in [5.41, 5.74) is 0.525. The molecule has 1 aromatic carbocycles. The summed E-state index contributed by atoms with van der Waals surface area (Å²) in [4.78, 5) is 23.1. The highest BCUT2D eigenvalue weighted by atomic mass is 19.1. The highest BCUT2D eigenvalue weighted by molar-refractivity contribution is 5.95. The first-order valence-corrected chi connectivity index (χ1v) is 6.82. The molecule has 0 aliphatic carbocycles. The van der Waals surface area contributed by atoms with Gasteiger partial charge >= 0.3 is 6.03 Å². The number of unbranched alkanes of at least 4 members (excludes halogenated alkanes) is 1. The zero-order valence-electron chi connectivity index (χ0n) is 11.9. The summed E-state index contributed by atoms with van der Waals surface area (Å²) >= 11 is 0. The Hall–Kier alpha value is -1.91. The van der Waals surface area contributed by atoms with Crippen LogP contribution in [-0.4, -0.2) is 24.4 Å². The van der Waals surface area contributed by atoms with Gasteiger partial charge in [-0.3, -0.25) is 4.79 Å². The van der Waals surface area contributed by atoms with Crippen molar-refractivity contribution < 1.29 is 14.0 Å². The number of nitrogens with one attached hydrogen (secondary N) is 2. The first-order valence-electron chi connectivity index (χ1n) is 6.82. The van der Waals surface area contributed by atoms with Gasteiger partial charge in [-0.1, -0.05) is 0 Å². The molecule has 20 heavy (non-hydrogen) atoms. The molecular formula is C15H21FN2O2. The minimum atomic E-state index is -0.345. The normalized spacial score (nSPS) is 10.4. The smallest absolute Gasteiger partial charge is 0.314 e. The number of carbonyl (C=O) groups is 2. The Morgan fingerprint density at radius 3 is 2.40 bits per heavy atom. The minimum Gasteiger partial charge on any atom is -0.338 e. The van der Waals surface area contributed by atoms with Gasteiger partial charge in [-0.25, -0.2) is 9.18 Å². The van der Waals surface area contributed by atoms with Crippen LogP contribution in [0.3, 0.4) is 0 Å². The second kappa shape index (κ2) is 8.30. The van der Waals surface area contributed by atoms with Crippen LogP contribution in [0.5, 0.6) is 0 Å². The van der Waals surface area contributed by atoms with E-state index in [2.05, 4.69) is 10.6 Å². The van der Waals surface area contributed by atoms with Crippen LogP contribution >= 0.6 is 0 Å². The van der Waals surface area contributed by atoms with E-state index in [9.17, 15) is 14.0 Å². The maximum atomic E-state index is 12.7. The molecule has 2 N–H and O–H groups in total. The number of amides is 2. The largest absolute Gasteiger partial charge is 0.338 e. The van der Waals surface area contributed by atoms with E-state index in [0.717, 1.165) is 6.42 Å². The fourth-order valence-electron chi connectivity index (χ4n) is 1.71. The molecule has 0 aliphatic heterocycles. The predicted molar refractivity (Wildman–Crippen MR) is 76.3 cm³/mol. The lowest BCUT2D eigenvalue weighted by Gasteiger charge is -2.09. The van der Waals surface area contributed by atoms with E-state index in [-0.39, 0.29) is 23.7 Å². The van der Waals surface area contributed by atoms with Crippen LogP contribution in [0.2, 0.25) is 0 Å². The van der Waals surface area contributed by atoms with Crippen molar-refractivity contribution in [2.75, 3.05) is 6.54 Å². The van der Waals surface area contributed by atoms with E-state index in [4.69, 9.17) is 0 Å². The molecule has 0 aromatic heterocycles. The fourth-order valence-corrected chi connectivity index (χ4v) is 1.71. The number of carbonyl (C=O) groups excluding carboxylic acids is 2. The maximum absolute atomic E-state index is 12.7. The molecule has 1 rings (SSSR count). The lowest BCUT2D eigenvalue weighted by atomic mass is 10.1. The Bertz CT molecular complexity index is 444. The Labute approximate surface area is 118 Å². The molecule has 4 nitrogen and oxygen atoms in total. The Morgan fingerprint density at radius 1 is 1.15 bits per heavy atom. The van der Waals surface area contributed by atoms with E-state index in [0.29, 0.717) is 24.9 Å². The van der Waals surface area contributed by atoms with Crippen LogP contribution in [0.4, 0.5) is 9.18 Å². The molecule has 2 amide bonds. The summed E-state index contributed by atoms with van der Waals surface area (Å²) in [6.45, 7) is 4.32. The standard InChI is InChI=1S/C15H21FN2O2/c1-11(2)18-15(20)17-10-4-3-5-14(19)12-6-8-13(16)9-7-12/h6-9,11H,3-5,10H2,1-2H3,(H2,17,18,20). The second-order valence-electron chi connectivity index (χ2n) is 4.94. The molecule has 110 valence electrons. The molecule has 0 radical (unpaired) electrons. The predicted octanol–water partition coefficient (Wildman–Crippen LogP) is 2.89. The summed E-state index contributed by atoms with van der Waals surface area (Å²) in [7, 11) is 0. The first-order chi connectivity index (χ1) is 9.49. The van der Waals surface area contributed by atoms with Crippen molar-refractivity contribution in [3.05, 3.63) is 35.6 Å². The van der Waals surface area contributed by atoms with Gasteiger partial charge in [-0.2, -0.15) is 0 Å². The highest BCUT2D eigenvalue weighted by Crippen LogP contribution is 2.08. The van der Waals surface area contributed by atoms with Crippen molar-refractivity contribution in [3.8, 4) is 0 Å². The van der Waals surface area contributed by atoms with Gasteiger partial charge in [-0.15, -0.1) is 0 Å². The van der Waals surface area contributed by atoms with Crippen molar-refractivity contribution in [2.24, 2.45) is 0 Å². The monoisotopic (exact) mass is 280 g/mol. The van der Waals surface area contributed by atoms with Gasteiger partial charge in [0.05, 0.1) is 0 Å². The van der Waals surface area contributed by atoms with Crippen LogP contribution in [0.1, 0.15) is 43.5 Å². The number of rotatable bonds is 7. The average Bonchev–Trinajstić information content (AvgIpc) is 2.38. The van der Waals surface area contributed by atoms with E-state index >= 15 is 0 Å². The van der Waals surface area contributed by atoms with Gasteiger partial charge in [0.15, 0.2) is 5.78 Å². The molecule has 0 unspecified atom stereocenters. The van der Waals surface area contributed by atoms with Crippen molar-refractivity contribution in [1.29, 1.82) is 0 Å². The summed E-state index contributed by atoms with van der Waals surface area (Å²) in [6.07, 6.45) is 1.83. The van der Waals surface area contributed by atoms with Crippen LogP contribution in [0.15, 0.2) is 24.3 Å². The number of halogens is 1. The highest BCUT2D eigenvalue weighted by Gasteiger charge is 2.06. The molecule has 5 heteroatoms. The molecule has 0 atom stereocenters. The number of urea groups is 1. The Morgan fingerprint density at radius 2 is 1.80 bits per heavy atom. The molecule has 0 bridgehead atoms. The van der Waals surface area contributed by atoms with Crippen LogP contribution < -0.4 is 10.6 Å². The number of benzene rings is 1. The van der Waals surface area contributed by atoms with E-state index in [1.54, 1.807) is 0 Å². The molecule has 0 fully saturated rings. The van der Waals surface area contributed by atoms with Gasteiger partial charge in [0.2, 0.25) is 0 Å². The quantitative estimate of drug-likeness (QED) is 0.596. The summed E-state index contributed by atoms with van der Waals surface area (Å²) in [5, 5.41) is 5.45. The van der Waals surface area contributed by atoms with Gasteiger partial charge in [-0.05, 0) is 51.0 Å². The fraction of sp³-hybridized carbons (Fsp3) is 0.467. The number of hydrogen-bond donors (Lipinski definition) is 2. The summed E-state index contributed by atoms with van der Waals surface area (Å²) in [6, 6.07) is 5.47. The van der Waals surface area contributed by atoms with E-state index in [1.807, 2.05) is 13.8 Å².